The van der Waals surface area contributed by atoms with Crippen LogP contribution >= 0.6 is 11.8 Å². The molecule has 0 spiro atoms. The van der Waals surface area contributed by atoms with Crippen LogP contribution in [-0.2, 0) is 0 Å². The number of benzene rings is 2. The van der Waals surface area contributed by atoms with Crippen LogP contribution in [0.25, 0.3) is 17.1 Å². The number of nitrogens with one attached hydrogen (secondary N) is 1. The maximum Gasteiger partial charge on any atom is 0.231 e. The predicted octanol–water partition coefficient (Wildman–Crippen LogP) is 3.46. The lowest BCUT2D eigenvalue weighted by atomic mass is 10.1. The van der Waals surface area contributed by atoms with Gasteiger partial charge in [-0.15, -0.1) is 10.2 Å². The average molecular weight is 354 g/mol. The molecule has 6 nitrogen and oxygen atoms in total. The highest BCUT2D eigenvalue weighted by Gasteiger charge is 2.22. The van der Waals surface area contributed by atoms with Gasteiger partial charge in [0, 0.05) is 11.0 Å². The molecule has 3 heterocycles. The number of nitrogens with zero attached hydrogens (tertiary/aromatic N) is 3. The molecule has 124 valence electrons. The monoisotopic (exact) mass is 354 g/mol. The molecule has 0 amide bonds. The van der Waals surface area contributed by atoms with Gasteiger partial charge in [-0.25, -0.2) is 9.07 Å². The zero-order valence-corrected chi connectivity index (χ0v) is 13.6. The van der Waals surface area contributed by atoms with Crippen molar-refractivity contribution in [3.05, 3.63) is 59.3 Å². The molecular formula is C17H11FN4O2S. The third-order valence-electron chi connectivity index (χ3n) is 3.95. The van der Waals surface area contributed by atoms with Crippen molar-refractivity contribution < 1.29 is 13.9 Å². The van der Waals surface area contributed by atoms with Gasteiger partial charge in [-0.05, 0) is 30.3 Å². The Balaban J connectivity index is 1.52. The lowest BCUT2D eigenvalue weighted by Gasteiger charge is -2.19. The minimum absolute atomic E-state index is 0.229. The average Bonchev–Trinajstić information content (AvgIpc) is 3.27. The van der Waals surface area contributed by atoms with E-state index in [1.54, 1.807) is 22.9 Å². The molecule has 0 radical (unpaired) electrons. The van der Waals surface area contributed by atoms with E-state index in [1.807, 2.05) is 23.6 Å². The van der Waals surface area contributed by atoms with E-state index in [0.29, 0.717) is 22.3 Å². The summed E-state index contributed by atoms with van der Waals surface area (Å²) in [6.45, 7) is 0.229. The first-order valence-corrected chi connectivity index (χ1v) is 8.42. The fraction of sp³-hybridized carbons (Fsp3) is 0.0588. The van der Waals surface area contributed by atoms with Crippen molar-refractivity contribution in [2.45, 2.75) is 5.16 Å². The SMILES string of the molecule is Fc1ccccc1-c1nnc2n1NC(c1ccc3c(c1)OCO3)=CS2. The van der Waals surface area contributed by atoms with Crippen molar-refractivity contribution in [1.82, 2.24) is 14.9 Å². The molecule has 8 heteroatoms. The Morgan fingerprint density at radius 2 is 1.96 bits per heavy atom. The van der Waals surface area contributed by atoms with Gasteiger partial charge in [-0.3, -0.25) is 5.43 Å². The molecule has 0 bridgehead atoms. The van der Waals surface area contributed by atoms with Gasteiger partial charge in [-0.1, -0.05) is 23.9 Å². The van der Waals surface area contributed by atoms with E-state index in [2.05, 4.69) is 15.6 Å². The summed E-state index contributed by atoms with van der Waals surface area (Å²) in [5.74, 6) is 1.51. The fourth-order valence-electron chi connectivity index (χ4n) is 2.72. The zero-order valence-electron chi connectivity index (χ0n) is 12.8. The minimum Gasteiger partial charge on any atom is -0.454 e. The Hall–Kier alpha value is -3.00. The van der Waals surface area contributed by atoms with E-state index < -0.39 is 0 Å². The molecule has 0 aliphatic carbocycles. The lowest BCUT2D eigenvalue weighted by molar-refractivity contribution is 0.174. The Morgan fingerprint density at radius 3 is 2.88 bits per heavy atom. The summed E-state index contributed by atoms with van der Waals surface area (Å²) in [4.78, 5) is 0. The molecule has 2 aromatic carbocycles. The molecule has 0 saturated heterocycles. The highest BCUT2D eigenvalue weighted by molar-refractivity contribution is 8.02. The van der Waals surface area contributed by atoms with Gasteiger partial charge in [0.2, 0.25) is 11.9 Å². The molecule has 2 aliphatic rings. The standard InChI is InChI=1S/C17H11FN4O2S/c18-12-4-2-1-3-11(12)16-19-20-17-22(16)21-13(8-25-17)10-5-6-14-15(7-10)24-9-23-14/h1-8,21H,9H2. The van der Waals surface area contributed by atoms with Gasteiger partial charge in [-0.2, -0.15) is 0 Å². The van der Waals surface area contributed by atoms with Crippen molar-refractivity contribution in [3.8, 4) is 22.9 Å². The quantitative estimate of drug-likeness (QED) is 0.760. The molecule has 0 atom stereocenters. The molecule has 1 N–H and O–H groups in total. The number of hydrogen-bond acceptors (Lipinski definition) is 6. The van der Waals surface area contributed by atoms with Gasteiger partial charge in [0.25, 0.3) is 0 Å². The lowest BCUT2D eigenvalue weighted by Crippen LogP contribution is -2.18. The third kappa shape index (κ3) is 2.33. The Bertz CT molecular complexity index is 1020. The van der Waals surface area contributed by atoms with E-state index >= 15 is 0 Å². The number of ether oxygens (including phenoxy) is 2. The summed E-state index contributed by atoms with van der Waals surface area (Å²) in [6, 6.07) is 12.2. The summed E-state index contributed by atoms with van der Waals surface area (Å²) < 4.78 is 26.6. The summed E-state index contributed by atoms with van der Waals surface area (Å²) in [5.41, 5.74) is 5.41. The summed E-state index contributed by atoms with van der Waals surface area (Å²) >= 11 is 1.42. The van der Waals surface area contributed by atoms with Crippen molar-refractivity contribution in [2.75, 3.05) is 12.2 Å². The second kappa shape index (κ2) is 5.52. The largest absolute Gasteiger partial charge is 0.454 e. The van der Waals surface area contributed by atoms with Crippen LogP contribution in [0.15, 0.2) is 53.0 Å². The van der Waals surface area contributed by atoms with E-state index in [0.717, 1.165) is 17.0 Å². The summed E-state index contributed by atoms with van der Waals surface area (Å²) in [6.07, 6.45) is 0. The van der Waals surface area contributed by atoms with Crippen LogP contribution < -0.4 is 14.9 Å². The van der Waals surface area contributed by atoms with Gasteiger partial charge >= 0.3 is 0 Å². The van der Waals surface area contributed by atoms with Gasteiger partial charge in [0.05, 0.1) is 11.3 Å². The van der Waals surface area contributed by atoms with Crippen molar-refractivity contribution in [1.29, 1.82) is 0 Å². The molecule has 25 heavy (non-hydrogen) atoms. The molecule has 0 fully saturated rings. The van der Waals surface area contributed by atoms with E-state index in [9.17, 15) is 4.39 Å². The second-order valence-corrected chi connectivity index (χ2v) is 6.29. The molecule has 3 aromatic rings. The topological polar surface area (TPSA) is 61.2 Å². The minimum atomic E-state index is -0.344. The van der Waals surface area contributed by atoms with E-state index in [1.165, 1.54) is 17.8 Å². The zero-order chi connectivity index (χ0) is 16.8. The van der Waals surface area contributed by atoms with Crippen LogP contribution in [0.3, 0.4) is 0 Å². The van der Waals surface area contributed by atoms with Crippen molar-refractivity contribution in [2.24, 2.45) is 0 Å². The number of thioether (sulfide) groups is 1. The van der Waals surface area contributed by atoms with Crippen molar-refractivity contribution in [3.63, 3.8) is 0 Å². The third-order valence-corrected chi connectivity index (χ3v) is 4.77. The van der Waals surface area contributed by atoms with Crippen LogP contribution in [0, 0.1) is 5.82 Å². The number of rotatable bonds is 2. The Kier molecular flexibility index (Phi) is 3.17. The molecule has 0 saturated carbocycles. The van der Waals surface area contributed by atoms with Gasteiger partial charge in [0.1, 0.15) is 5.82 Å². The number of aromatic nitrogens is 3. The molecule has 1 aromatic heterocycles. The molecular weight excluding hydrogens is 343 g/mol. The van der Waals surface area contributed by atoms with Crippen LogP contribution in [0.4, 0.5) is 4.39 Å². The number of hydrogen-bond donors (Lipinski definition) is 1. The maximum atomic E-state index is 14.1. The highest BCUT2D eigenvalue weighted by atomic mass is 32.2. The smallest absolute Gasteiger partial charge is 0.231 e. The van der Waals surface area contributed by atoms with Gasteiger partial charge < -0.3 is 9.47 Å². The van der Waals surface area contributed by atoms with Crippen LogP contribution in [-0.4, -0.2) is 21.7 Å². The van der Waals surface area contributed by atoms with Crippen LogP contribution in [0.1, 0.15) is 5.56 Å². The highest BCUT2D eigenvalue weighted by Crippen LogP contribution is 2.37. The maximum absolute atomic E-state index is 14.1. The molecule has 5 rings (SSSR count). The van der Waals surface area contributed by atoms with E-state index in [-0.39, 0.29) is 12.6 Å². The normalized spacial score (nSPS) is 14.7. The predicted molar refractivity (Wildman–Crippen MR) is 91.2 cm³/mol. The van der Waals surface area contributed by atoms with Crippen molar-refractivity contribution >= 4 is 17.5 Å². The van der Waals surface area contributed by atoms with Crippen LogP contribution in [0.2, 0.25) is 0 Å². The molecule has 2 aliphatic heterocycles. The summed E-state index contributed by atoms with van der Waals surface area (Å²) in [5, 5.41) is 10.8. The number of halogens is 1. The van der Waals surface area contributed by atoms with Gasteiger partial charge in [0.15, 0.2) is 17.3 Å². The summed E-state index contributed by atoms with van der Waals surface area (Å²) in [7, 11) is 0. The Morgan fingerprint density at radius 1 is 1.08 bits per heavy atom. The second-order valence-electron chi connectivity index (χ2n) is 5.45. The number of fused-ring (bicyclic) bond motifs is 2. The van der Waals surface area contributed by atoms with Crippen LogP contribution in [0.5, 0.6) is 11.5 Å². The Labute approximate surface area is 146 Å². The van der Waals surface area contributed by atoms with E-state index in [4.69, 9.17) is 9.47 Å². The first-order valence-electron chi connectivity index (χ1n) is 7.54. The fourth-order valence-corrected chi connectivity index (χ4v) is 3.46. The first kappa shape index (κ1) is 14.4. The first-order chi connectivity index (χ1) is 12.3. The molecule has 0 unspecified atom stereocenters.